The Bertz CT molecular complexity index is 1110. The summed E-state index contributed by atoms with van der Waals surface area (Å²) in [6.45, 7) is 0.196. The van der Waals surface area contributed by atoms with Crippen molar-refractivity contribution in [1.82, 2.24) is 0 Å². The number of hydrogen-bond acceptors (Lipinski definition) is 5. The fourth-order valence-corrected chi connectivity index (χ4v) is 3.16. The highest BCUT2D eigenvalue weighted by Crippen LogP contribution is 2.38. The first-order valence-electron chi connectivity index (χ1n) is 8.48. The second kappa shape index (κ2) is 6.96. The molecule has 0 saturated heterocycles. The molecule has 0 saturated carbocycles. The molecule has 3 aromatic rings. The summed E-state index contributed by atoms with van der Waals surface area (Å²) in [4.78, 5) is 35.8. The molecule has 0 atom stereocenters. The van der Waals surface area contributed by atoms with Crippen molar-refractivity contribution in [2.45, 2.75) is 6.54 Å². The minimum Gasteiger partial charge on any atom is -0.456 e. The number of furan rings is 1. The summed E-state index contributed by atoms with van der Waals surface area (Å²) >= 11 is 0. The average Bonchev–Trinajstić information content (AvgIpc) is 3.27. The van der Waals surface area contributed by atoms with Crippen LogP contribution in [-0.2, 0) is 11.3 Å². The Morgan fingerprint density at radius 2 is 1.79 bits per heavy atom. The zero-order valence-corrected chi connectivity index (χ0v) is 14.6. The number of hydrogen-bond donors (Lipinski definition) is 0. The van der Waals surface area contributed by atoms with Crippen LogP contribution in [0.5, 0.6) is 0 Å². The van der Waals surface area contributed by atoms with Gasteiger partial charge in [0.05, 0.1) is 17.2 Å². The lowest BCUT2D eigenvalue weighted by Crippen LogP contribution is -2.25. The number of nitrogens with zero attached hydrogens (tertiary/aromatic N) is 2. The second-order valence-corrected chi connectivity index (χ2v) is 6.24. The van der Waals surface area contributed by atoms with Crippen molar-refractivity contribution in [1.29, 1.82) is 0 Å². The van der Waals surface area contributed by atoms with Gasteiger partial charge in [-0.3, -0.25) is 19.7 Å². The largest absolute Gasteiger partial charge is 0.456 e. The molecular weight excluding hydrogens is 360 g/mol. The van der Waals surface area contributed by atoms with E-state index in [2.05, 4.69) is 0 Å². The SMILES string of the molecule is O=Cc1ccc(CN2C(=O)/C(=C/c3ccc([N+](=O)[O-])cc3)c3ccccc32)o1. The maximum atomic E-state index is 13.1. The van der Waals surface area contributed by atoms with Crippen LogP contribution in [-0.4, -0.2) is 17.1 Å². The number of carbonyl (C=O) groups is 2. The van der Waals surface area contributed by atoms with Gasteiger partial charge in [-0.05, 0) is 42.0 Å². The molecular formula is C21H14N2O5. The standard InChI is InChI=1S/C21H14N2O5/c24-13-17-10-9-16(28-17)12-22-20-4-2-1-3-18(20)19(21(22)25)11-14-5-7-15(8-6-14)23(26)27/h1-11,13H,12H2/b19-11+. The lowest BCUT2D eigenvalue weighted by atomic mass is 10.0. The van der Waals surface area contributed by atoms with Crippen molar-refractivity contribution in [3.63, 3.8) is 0 Å². The van der Waals surface area contributed by atoms with Gasteiger partial charge in [-0.25, -0.2) is 0 Å². The maximum Gasteiger partial charge on any atom is 0.269 e. The molecule has 0 spiro atoms. The number of aldehydes is 1. The lowest BCUT2D eigenvalue weighted by Gasteiger charge is -2.15. The number of nitro benzene ring substituents is 1. The fraction of sp³-hybridized carbons (Fsp3) is 0.0476. The van der Waals surface area contributed by atoms with E-state index in [1.165, 1.54) is 12.1 Å². The van der Waals surface area contributed by atoms with Gasteiger partial charge < -0.3 is 9.32 Å². The van der Waals surface area contributed by atoms with Crippen molar-refractivity contribution >= 4 is 35.2 Å². The molecule has 0 fully saturated rings. The Labute approximate surface area is 159 Å². The third-order valence-electron chi connectivity index (χ3n) is 4.49. The normalized spacial score (nSPS) is 14.4. The number of non-ortho nitro benzene ring substituents is 1. The zero-order chi connectivity index (χ0) is 19.7. The van der Waals surface area contributed by atoms with Gasteiger partial charge in [-0.1, -0.05) is 18.2 Å². The highest BCUT2D eigenvalue weighted by molar-refractivity contribution is 6.35. The molecule has 0 aliphatic carbocycles. The summed E-state index contributed by atoms with van der Waals surface area (Å²) in [7, 11) is 0. The molecule has 1 aromatic heterocycles. The zero-order valence-electron chi connectivity index (χ0n) is 14.6. The molecule has 0 bridgehead atoms. The Morgan fingerprint density at radius 3 is 2.46 bits per heavy atom. The Balaban J connectivity index is 1.69. The minimum atomic E-state index is -0.467. The predicted molar refractivity (Wildman–Crippen MR) is 103 cm³/mol. The molecule has 4 rings (SSSR count). The number of benzene rings is 2. The summed E-state index contributed by atoms with van der Waals surface area (Å²) in [5, 5.41) is 10.8. The van der Waals surface area contributed by atoms with Crippen LogP contribution in [0.15, 0.2) is 65.1 Å². The van der Waals surface area contributed by atoms with E-state index in [0.29, 0.717) is 23.2 Å². The van der Waals surface area contributed by atoms with E-state index >= 15 is 0 Å². The molecule has 0 N–H and O–H groups in total. The quantitative estimate of drug-likeness (QED) is 0.290. The fourth-order valence-electron chi connectivity index (χ4n) is 3.16. The van der Waals surface area contributed by atoms with Crippen molar-refractivity contribution in [2.75, 3.05) is 4.90 Å². The van der Waals surface area contributed by atoms with E-state index in [1.54, 1.807) is 35.2 Å². The first-order chi connectivity index (χ1) is 13.6. The number of rotatable bonds is 5. The predicted octanol–water partition coefficient (Wildman–Crippen LogP) is 4.09. The Kier molecular flexibility index (Phi) is 4.33. The van der Waals surface area contributed by atoms with E-state index in [-0.39, 0.29) is 23.9 Å². The van der Waals surface area contributed by atoms with Gasteiger partial charge in [0.25, 0.3) is 11.6 Å². The van der Waals surface area contributed by atoms with Crippen molar-refractivity contribution in [3.05, 3.63) is 93.4 Å². The number of para-hydroxylation sites is 1. The summed E-state index contributed by atoms with van der Waals surface area (Å²) in [5.74, 6) is 0.502. The number of carbonyl (C=O) groups excluding carboxylic acids is 2. The monoisotopic (exact) mass is 374 g/mol. The lowest BCUT2D eigenvalue weighted by molar-refractivity contribution is -0.384. The van der Waals surface area contributed by atoms with Crippen molar-refractivity contribution in [2.24, 2.45) is 0 Å². The maximum absolute atomic E-state index is 13.1. The van der Waals surface area contributed by atoms with Crippen LogP contribution in [0.4, 0.5) is 11.4 Å². The number of anilines is 1. The minimum absolute atomic E-state index is 0.00859. The topological polar surface area (TPSA) is 93.7 Å². The number of fused-ring (bicyclic) bond motifs is 1. The van der Waals surface area contributed by atoms with E-state index in [1.807, 2.05) is 24.3 Å². The summed E-state index contributed by atoms with van der Waals surface area (Å²) in [6, 6.07) is 16.6. The molecule has 2 aromatic carbocycles. The molecule has 138 valence electrons. The van der Waals surface area contributed by atoms with E-state index in [4.69, 9.17) is 4.42 Å². The van der Waals surface area contributed by atoms with E-state index < -0.39 is 4.92 Å². The first kappa shape index (κ1) is 17.4. The molecule has 7 nitrogen and oxygen atoms in total. The second-order valence-electron chi connectivity index (χ2n) is 6.24. The van der Waals surface area contributed by atoms with Crippen LogP contribution in [0.1, 0.15) is 27.4 Å². The van der Waals surface area contributed by atoms with Gasteiger partial charge in [-0.15, -0.1) is 0 Å². The van der Waals surface area contributed by atoms with E-state index in [0.717, 1.165) is 11.3 Å². The smallest absolute Gasteiger partial charge is 0.269 e. The molecule has 1 amide bonds. The highest BCUT2D eigenvalue weighted by Gasteiger charge is 2.32. The number of amides is 1. The van der Waals surface area contributed by atoms with Crippen LogP contribution < -0.4 is 4.90 Å². The molecule has 0 unspecified atom stereocenters. The van der Waals surface area contributed by atoms with Gasteiger partial charge in [0.2, 0.25) is 0 Å². The van der Waals surface area contributed by atoms with Crippen LogP contribution >= 0.6 is 0 Å². The molecule has 1 aliphatic heterocycles. The first-order valence-corrected chi connectivity index (χ1v) is 8.48. The Morgan fingerprint density at radius 1 is 1.04 bits per heavy atom. The summed E-state index contributed by atoms with van der Waals surface area (Å²) in [5.41, 5.74) is 2.68. The van der Waals surface area contributed by atoms with Crippen LogP contribution in [0, 0.1) is 10.1 Å². The summed E-state index contributed by atoms with van der Waals surface area (Å²) < 4.78 is 5.40. The summed E-state index contributed by atoms with van der Waals surface area (Å²) in [6.07, 6.45) is 2.33. The molecule has 28 heavy (non-hydrogen) atoms. The van der Waals surface area contributed by atoms with Gasteiger partial charge in [-0.2, -0.15) is 0 Å². The van der Waals surface area contributed by atoms with Crippen LogP contribution in [0.3, 0.4) is 0 Å². The Hall–Kier alpha value is -4.00. The third kappa shape index (κ3) is 3.09. The van der Waals surface area contributed by atoms with Gasteiger partial charge in [0.15, 0.2) is 12.0 Å². The molecule has 7 heteroatoms. The van der Waals surface area contributed by atoms with Crippen molar-refractivity contribution < 1.29 is 18.9 Å². The molecule has 1 aliphatic rings. The molecule has 0 radical (unpaired) electrons. The van der Waals surface area contributed by atoms with Gasteiger partial charge in [0, 0.05) is 23.3 Å². The average molecular weight is 374 g/mol. The third-order valence-corrected chi connectivity index (χ3v) is 4.49. The van der Waals surface area contributed by atoms with Gasteiger partial charge in [0.1, 0.15) is 5.76 Å². The van der Waals surface area contributed by atoms with Crippen molar-refractivity contribution in [3.8, 4) is 0 Å². The van der Waals surface area contributed by atoms with E-state index in [9.17, 15) is 19.7 Å². The molecule has 2 heterocycles. The van der Waals surface area contributed by atoms with Crippen LogP contribution in [0.2, 0.25) is 0 Å². The van der Waals surface area contributed by atoms with Crippen LogP contribution in [0.25, 0.3) is 11.6 Å². The number of nitro groups is 1. The van der Waals surface area contributed by atoms with Gasteiger partial charge >= 0.3 is 0 Å². The highest BCUT2D eigenvalue weighted by atomic mass is 16.6.